The van der Waals surface area contributed by atoms with Gasteiger partial charge in [-0.25, -0.2) is 0 Å². The number of nitrogens with zero attached hydrogens (tertiary/aromatic N) is 1. The summed E-state index contributed by atoms with van der Waals surface area (Å²) < 4.78 is 0. The molecule has 0 aliphatic rings. The quantitative estimate of drug-likeness (QED) is 0.603. The van der Waals surface area contributed by atoms with Crippen molar-refractivity contribution in [2.75, 3.05) is 14.1 Å². The van der Waals surface area contributed by atoms with Crippen LogP contribution < -0.4 is 0 Å². The van der Waals surface area contributed by atoms with Crippen LogP contribution in [0, 0.1) is 10.8 Å². The van der Waals surface area contributed by atoms with Gasteiger partial charge in [0.1, 0.15) is 0 Å². The number of rotatable bonds is 5. The third kappa shape index (κ3) is 9.32. The van der Waals surface area contributed by atoms with Gasteiger partial charge in [0, 0.05) is 14.1 Å². The first-order valence-electron chi connectivity index (χ1n) is 7.05. The monoisotopic (exact) mass is 251 g/mol. The molecule has 0 aromatic rings. The van der Waals surface area contributed by atoms with Crippen LogP contribution in [0.2, 0.25) is 0 Å². The van der Waals surface area contributed by atoms with E-state index in [0.29, 0.717) is 5.41 Å². The minimum absolute atomic E-state index is 0.249. The molecular weight excluding hydrogens is 218 g/mol. The Morgan fingerprint density at radius 2 is 1.50 bits per heavy atom. The second-order valence-electron chi connectivity index (χ2n) is 7.64. The zero-order valence-corrected chi connectivity index (χ0v) is 13.8. The molecule has 0 aromatic carbocycles. The summed E-state index contributed by atoms with van der Waals surface area (Å²) in [6.45, 7) is 13.7. The van der Waals surface area contributed by atoms with E-state index in [1.807, 2.05) is 0 Å². The smallest absolute Gasteiger partial charge is 0.00556 e. The van der Waals surface area contributed by atoms with Crippen molar-refractivity contribution in [3.05, 3.63) is 23.9 Å². The normalized spacial score (nSPS) is 14.3. The van der Waals surface area contributed by atoms with Gasteiger partial charge in [-0.15, -0.1) is 0 Å². The van der Waals surface area contributed by atoms with Crippen LogP contribution in [0.3, 0.4) is 0 Å². The lowest BCUT2D eigenvalue weighted by Gasteiger charge is -2.24. The van der Waals surface area contributed by atoms with Gasteiger partial charge in [-0.05, 0) is 41.9 Å². The summed E-state index contributed by atoms with van der Waals surface area (Å²) in [4.78, 5) is 2.14. The first kappa shape index (κ1) is 17.3. The lowest BCUT2D eigenvalue weighted by Crippen LogP contribution is -2.13. The molecule has 0 aliphatic heterocycles. The molecule has 1 heteroatoms. The highest BCUT2D eigenvalue weighted by Crippen LogP contribution is 2.28. The van der Waals surface area contributed by atoms with Crippen LogP contribution in [-0.2, 0) is 0 Å². The minimum Gasteiger partial charge on any atom is -0.383 e. The van der Waals surface area contributed by atoms with E-state index in [4.69, 9.17) is 0 Å². The van der Waals surface area contributed by atoms with Crippen LogP contribution in [0.5, 0.6) is 0 Å². The van der Waals surface area contributed by atoms with E-state index >= 15 is 0 Å². The van der Waals surface area contributed by atoms with Gasteiger partial charge in [-0.3, -0.25) is 0 Å². The Morgan fingerprint density at radius 3 is 1.89 bits per heavy atom. The van der Waals surface area contributed by atoms with Crippen LogP contribution in [0.25, 0.3) is 0 Å². The van der Waals surface area contributed by atoms with Gasteiger partial charge in [0.05, 0.1) is 0 Å². The van der Waals surface area contributed by atoms with Crippen molar-refractivity contribution in [1.82, 2.24) is 4.90 Å². The minimum atomic E-state index is 0.249. The summed E-state index contributed by atoms with van der Waals surface area (Å²) in [5.74, 6) is 0. The zero-order valence-electron chi connectivity index (χ0n) is 13.8. The molecule has 0 radical (unpaired) electrons. The van der Waals surface area contributed by atoms with Gasteiger partial charge in [0.25, 0.3) is 0 Å². The van der Waals surface area contributed by atoms with Gasteiger partial charge in [-0.1, -0.05) is 53.7 Å². The van der Waals surface area contributed by atoms with Crippen molar-refractivity contribution >= 4 is 0 Å². The predicted octanol–water partition coefficient (Wildman–Crippen LogP) is 5.25. The molecule has 0 bridgehead atoms. The molecule has 1 nitrogen and oxygen atoms in total. The number of allylic oxidation sites excluding steroid dienone is 3. The largest absolute Gasteiger partial charge is 0.383 e. The third-order valence-electron chi connectivity index (χ3n) is 2.94. The molecule has 0 N–H and O–H groups in total. The molecule has 0 fully saturated rings. The maximum absolute atomic E-state index is 2.33. The fourth-order valence-electron chi connectivity index (χ4n) is 1.71. The Labute approximate surface area is 115 Å². The van der Waals surface area contributed by atoms with Crippen molar-refractivity contribution in [3.63, 3.8) is 0 Å². The van der Waals surface area contributed by atoms with Crippen molar-refractivity contribution in [2.24, 2.45) is 10.8 Å². The van der Waals surface area contributed by atoms with Crippen molar-refractivity contribution in [2.45, 2.75) is 60.8 Å². The average Bonchev–Trinajstić information content (AvgIpc) is 2.11. The Kier molecular flexibility index (Phi) is 6.73. The molecule has 0 rings (SSSR count). The molecule has 0 aliphatic carbocycles. The van der Waals surface area contributed by atoms with Crippen molar-refractivity contribution in [3.8, 4) is 0 Å². The SMILES string of the molecule is CN(C)/C=C(\C/C=C\CCC(C)(C)C)C(C)(C)C. The molecule has 106 valence electrons. The molecule has 0 heterocycles. The van der Waals surface area contributed by atoms with E-state index in [0.717, 1.165) is 6.42 Å². The highest BCUT2D eigenvalue weighted by Gasteiger charge is 2.15. The maximum Gasteiger partial charge on any atom is 0.00556 e. The van der Waals surface area contributed by atoms with Gasteiger partial charge in [-0.2, -0.15) is 0 Å². The number of hydrogen-bond donors (Lipinski definition) is 0. The van der Waals surface area contributed by atoms with E-state index in [2.05, 4.69) is 78.9 Å². The highest BCUT2D eigenvalue weighted by molar-refractivity contribution is 5.14. The second-order valence-corrected chi connectivity index (χ2v) is 7.64. The fourth-order valence-corrected chi connectivity index (χ4v) is 1.71. The molecule has 0 unspecified atom stereocenters. The first-order valence-corrected chi connectivity index (χ1v) is 7.05. The lowest BCUT2D eigenvalue weighted by molar-refractivity contribution is 0.381. The summed E-state index contributed by atoms with van der Waals surface area (Å²) in [5.41, 5.74) is 2.18. The Bertz CT molecular complexity index is 282. The first-order chi connectivity index (χ1) is 8.02. The standard InChI is InChI=1S/C17H33N/c1-16(2,3)13-11-9-10-12-15(14-18(7)8)17(4,5)6/h9-10,14H,11-13H2,1-8H3/b10-9-,15-14+. The summed E-state index contributed by atoms with van der Waals surface area (Å²) in [6, 6.07) is 0. The van der Waals surface area contributed by atoms with E-state index < -0.39 is 0 Å². The molecular formula is C17H33N. The van der Waals surface area contributed by atoms with Crippen LogP contribution in [0.1, 0.15) is 60.8 Å². The van der Waals surface area contributed by atoms with Crippen LogP contribution >= 0.6 is 0 Å². The van der Waals surface area contributed by atoms with Crippen molar-refractivity contribution < 1.29 is 0 Å². The zero-order chi connectivity index (χ0) is 14.4. The third-order valence-corrected chi connectivity index (χ3v) is 2.94. The predicted molar refractivity (Wildman–Crippen MR) is 83.7 cm³/mol. The Hall–Kier alpha value is -0.720. The van der Waals surface area contributed by atoms with E-state index in [-0.39, 0.29) is 5.41 Å². The average molecular weight is 251 g/mol. The second kappa shape index (κ2) is 7.01. The van der Waals surface area contributed by atoms with Gasteiger partial charge < -0.3 is 4.90 Å². The van der Waals surface area contributed by atoms with E-state index in [9.17, 15) is 0 Å². The molecule has 0 saturated carbocycles. The van der Waals surface area contributed by atoms with Gasteiger partial charge in [0.15, 0.2) is 0 Å². The van der Waals surface area contributed by atoms with Crippen LogP contribution in [0.15, 0.2) is 23.9 Å². The molecule has 0 saturated heterocycles. The lowest BCUT2D eigenvalue weighted by atomic mass is 9.84. The molecule has 0 aromatic heterocycles. The topological polar surface area (TPSA) is 3.24 Å². The van der Waals surface area contributed by atoms with E-state index in [1.54, 1.807) is 0 Å². The Morgan fingerprint density at radius 1 is 0.944 bits per heavy atom. The van der Waals surface area contributed by atoms with Gasteiger partial charge >= 0.3 is 0 Å². The van der Waals surface area contributed by atoms with Gasteiger partial charge in [0.2, 0.25) is 0 Å². The summed E-state index contributed by atoms with van der Waals surface area (Å²) in [7, 11) is 4.18. The number of hydrogen-bond acceptors (Lipinski definition) is 1. The molecule has 0 amide bonds. The Balaban J connectivity index is 4.34. The highest BCUT2D eigenvalue weighted by atomic mass is 15.0. The van der Waals surface area contributed by atoms with Crippen LogP contribution in [-0.4, -0.2) is 19.0 Å². The summed E-state index contributed by atoms with van der Waals surface area (Å²) in [6.07, 6.45) is 10.4. The van der Waals surface area contributed by atoms with Crippen LogP contribution in [0.4, 0.5) is 0 Å². The molecule has 0 spiro atoms. The van der Waals surface area contributed by atoms with Crippen molar-refractivity contribution in [1.29, 1.82) is 0 Å². The summed E-state index contributed by atoms with van der Waals surface area (Å²) in [5, 5.41) is 0. The maximum atomic E-state index is 2.33. The summed E-state index contributed by atoms with van der Waals surface area (Å²) >= 11 is 0. The molecule has 0 atom stereocenters. The fraction of sp³-hybridized carbons (Fsp3) is 0.765. The van der Waals surface area contributed by atoms with E-state index in [1.165, 1.54) is 18.4 Å². The molecule has 18 heavy (non-hydrogen) atoms.